The summed E-state index contributed by atoms with van der Waals surface area (Å²) in [5.41, 5.74) is -0.0635. The molecule has 1 amide bonds. The molecule has 4 heteroatoms. The topological polar surface area (TPSA) is 60.8 Å². The molecule has 0 spiro atoms. The van der Waals surface area contributed by atoms with Crippen LogP contribution in [0.3, 0.4) is 0 Å². The first-order chi connectivity index (χ1) is 5.57. The average Bonchev–Trinajstić information content (AvgIpc) is 2.05. The summed E-state index contributed by atoms with van der Waals surface area (Å²) in [4.78, 5) is 11.9. The molecule has 1 aliphatic rings. The Hall–Kier alpha value is -0.770. The SMILES string of the molecule is CC1(CO)CCN(C(=O)O)CC1. The molecular formula is C8H15NO3. The van der Waals surface area contributed by atoms with E-state index < -0.39 is 6.09 Å². The van der Waals surface area contributed by atoms with Gasteiger partial charge in [0.15, 0.2) is 0 Å². The zero-order chi connectivity index (χ0) is 9.19. The van der Waals surface area contributed by atoms with Crippen molar-refractivity contribution < 1.29 is 15.0 Å². The van der Waals surface area contributed by atoms with Crippen molar-refractivity contribution in [1.29, 1.82) is 0 Å². The molecule has 0 saturated carbocycles. The zero-order valence-corrected chi connectivity index (χ0v) is 7.29. The van der Waals surface area contributed by atoms with Gasteiger partial charge in [-0.3, -0.25) is 0 Å². The van der Waals surface area contributed by atoms with Gasteiger partial charge in [0.05, 0.1) is 0 Å². The number of aliphatic hydroxyl groups is 1. The van der Waals surface area contributed by atoms with Gasteiger partial charge in [0.25, 0.3) is 0 Å². The Balaban J connectivity index is 2.44. The minimum atomic E-state index is -0.852. The molecule has 1 aliphatic heterocycles. The molecule has 0 radical (unpaired) electrons. The summed E-state index contributed by atoms with van der Waals surface area (Å²) < 4.78 is 0. The van der Waals surface area contributed by atoms with Crippen molar-refractivity contribution >= 4 is 6.09 Å². The van der Waals surface area contributed by atoms with Crippen molar-refractivity contribution in [2.45, 2.75) is 19.8 Å². The number of hydrogen-bond acceptors (Lipinski definition) is 2. The Morgan fingerprint density at radius 2 is 2.00 bits per heavy atom. The van der Waals surface area contributed by atoms with Crippen LogP contribution < -0.4 is 0 Å². The van der Waals surface area contributed by atoms with Crippen molar-refractivity contribution in [3.8, 4) is 0 Å². The van der Waals surface area contributed by atoms with E-state index in [1.54, 1.807) is 0 Å². The predicted molar refractivity (Wildman–Crippen MR) is 44.0 cm³/mol. The Morgan fingerprint density at radius 3 is 2.33 bits per heavy atom. The molecule has 0 unspecified atom stereocenters. The van der Waals surface area contributed by atoms with Gasteiger partial charge in [0.1, 0.15) is 0 Å². The van der Waals surface area contributed by atoms with E-state index in [0.29, 0.717) is 13.1 Å². The normalized spacial score (nSPS) is 22.3. The molecule has 1 fully saturated rings. The fourth-order valence-electron chi connectivity index (χ4n) is 1.40. The number of carbonyl (C=O) groups is 1. The number of nitrogens with zero attached hydrogens (tertiary/aromatic N) is 1. The van der Waals surface area contributed by atoms with Crippen LogP contribution in [0.5, 0.6) is 0 Å². The molecule has 70 valence electrons. The molecule has 0 bridgehead atoms. The average molecular weight is 173 g/mol. The summed E-state index contributed by atoms with van der Waals surface area (Å²) in [5.74, 6) is 0. The molecule has 4 nitrogen and oxygen atoms in total. The van der Waals surface area contributed by atoms with Gasteiger partial charge in [0.2, 0.25) is 0 Å². The Morgan fingerprint density at radius 1 is 1.50 bits per heavy atom. The van der Waals surface area contributed by atoms with Crippen molar-refractivity contribution in [2.24, 2.45) is 5.41 Å². The van der Waals surface area contributed by atoms with E-state index in [-0.39, 0.29) is 12.0 Å². The Kier molecular flexibility index (Phi) is 2.57. The maximum atomic E-state index is 10.5. The van der Waals surface area contributed by atoms with Crippen molar-refractivity contribution in [3.05, 3.63) is 0 Å². The van der Waals surface area contributed by atoms with Gasteiger partial charge in [-0.1, -0.05) is 6.92 Å². The minimum Gasteiger partial charge on any atom is -0.465 e. The van der Waals surface area contributed by atoms with Crippen LogP contribution in [-0.2, 0) is 0 Å². The highest BCUT2D eigenvalue weighted by atomic mass is 16.4. The predicted octanol–water partition coefficient (Wildman–Crippen LogP) is 0.759. The maximum Gasteiger partial charge on any atom is 0.407 e. The van der Waals surface area contributed by atoms with Crippen LogP contribution in [0, 0.1) is 5.41 Å². The smallest absolute Gasteiger partial charge is 0.407 e. The summed E-state index contributed by atoms with van der Waals surface area (Å²) in [5, 5.41) is 17.7. The van der Waals surface area contributed by atoms with Gasteiger partial charge >= 0.3 is 6.09 Å². The summed E-state index contributed by atoms with van der Waals surface area (Å²) in [7, 11) is 0. The van der Waals surface area contributed by atoms with Crippen molar-refractivity contribution in [1.82, 2.24) is 4.90 Å². The van der Waals surface area contributed by atoms with Gasteiger partial charge in [-0.05, 0) is 18.3 Å². The monoisotopic (exact) mass is 173 g/mol. The lowest BCUT2D eigenvalue weighted by molar-refractivity contribution is 0.0572. The molecule has 12 heavy (non-hydrogen) atoms. The summed E-state index contributed by atoms with van der Waals surface area (Å²) >= 11 is 0. The van der Waals surface area contributed by atoms with E-state index in [0.717, 1.165) is 12.8 Å². The van der Waals surface area contributed by atoms with Crippen LogP contribution in [0.25, 0.3) is 0 Å². The number of piperidine rings is 1. The van der Waals surface area contributed by atoms with Gasteiger partial charge in [-0.15, -0.1) is 0 Å². The van der Waals surface area contributed by atoms with E-state index in [9.17, 15) is 4.79 Å². The highest BCUT2D eigenvalue weighted by molar-refractivity contribution is 5.65. The van der Waals surface area contributed by atoms with Crippen LogP contribution in [0.4, 0.5) is 4.79 Å². The molecule has 2 N–H and O–H groups in total. The first-order valence-corrected chi connectivity index (χ1v) is 4.16. The number of rotatable bonds is 1. The number of hydrogen-bond donors (Lipinski definition) is 2. The second kappa shape index (κ2) is 3.31. The first-order valence-electron chi connectivity index (χ1n) is 4.16. The molecule has 0 aliphatic carbocycles. The Labute approximate surface area is 71.8 Å². The summed E-state index contributed by atoms with van der Waals surface area (Å²) in [6.07, 6.45) is 0.668. The van der Waals surface area contributed by atoms with E-state index in [1.165, 1.54) is 4.90 Å². The van der Waals surface area contributed by atoms with E-state index >= 15 is 0 Å². The minimum absolute atomic E-state index is 0.0635. The van der Waals surface area contributed by atoms with E-state index in [1.807, 2.05) is 6.92 Å². The molecule has 0 aromatic carbocycles. The van der Waals surface area contributed by atoms with Crippen LogP contribution in [0.1, 0.15) is 19.8 Å². The largest absolute Gasteiger partial charge is 0.465 e. The molecule has 1 rings (SSSR count). The van der Waals surface area contributed by atoms with Crippen molar-refractivity contribution in [3.63, 3.8) is 0 Å². The quantitative estimate of drug-likeness (QED) is 0.615. The van der Waals surface area contributed by atoms with Crippen molar-refractivity contribution in [2.75, 3.05) is 19.7 Å². The third-order valence-corrected chi connectivity index (χ3v) is 2.62. The molecule has 0 aromatic rings. The molecule has 0 atom stereocenters. The van der Waals surface area contributed by atoms with E-state index in [2.05, 4.69) is 0 Å². The summed E-state index contributed by atoms with van der Waals surface area (Å²) in [6.45, 7) is 3.24. The van der Waals surface area contributed by atoms with Crippen LogP contribution in [0.15, 0.2) is 0 Å². The molecule has 1 heterocycles. The second-order valence-corrected chi connectivity index (χ2v) is 3.74. The molecular weight excluding hydrogens is 158 g/mol. The van der Waals surface area contributed by atoms with E-state index in [4.69, 9.17) is 10.2 Å². The Bertz CT molecular complexity index is 173. The fourth-order valence-corrected chi connectivity index (χ4v) is 1.40. The van der Waals surface area contributed by atoms with Crippen LogP contribution in [0.2, 0.25) is 0 Å². The second-order valence-electron chi connectivity index (χ2n) is 3.74. The van der Waals surface area contributed by atoms with Gasteiger partial charge < -0.3 is 15.1 Å². The number of aliphatic hydroxyl groups excluding tert-OH is 1. The third kappa shape index (κ3) is 1.88. The standard InChI is InChI=1S/C8H15NO3/c1-8(6-10)2-4-9(5-3-8)7(11)12/h10H,2-6H2,1H3,(H,11,12). The van der Waals surface area contributed by atoms with Crippen LogP contribution in [-0.4, -0.2) is 40.9 Å². The highest BCUT2D eigenvalue weighted by Gasteiger charge is 2.30. The van der Waals surface area contributed by atoms with Gasteiger partial charge in [-0.2, -0.15) is 0 Å². The van der Waals surface area contributed by atoms with Gasteiger partial charge in [-0.25, -0.2) is 4.79 Å². The first kappa shape index (κ1) is 9.32. The molecule has 0 aromatic heterocycles. The third-order valence-electron chi connectivity index (χ3n) is 2.62. The number of likely N-dealkylation sites (tertiary alicyclic amines) is 1. The fraction of sp³-hybridized carbons (Fsp3) is 0.875. The van der Waals surface area contributed by atoms with Gasteiger partial charge in [0, 0.05) is 19.7 Å². The van der Waals surface area contributed by atoms with Crippen LogP contribution >= 0.6 is 0 Å². The number of amides is 1. The zero-order valence-electron chi connectivity index (χ0n) is 7.29. The highest BCUT2D eigenvalue weighted by Crippen LogP contribution is 2.29. The number of carboxylic acid groups (broad SMARTS) is 1. The maximum absolute atomic E-state index is 10.5. The summed E-state index contributed by atoms with van der Waals surface area (Å²) in [6, 6.07) is 0. The lowest BCUT2D eigenvalue weighted by Crippen LogP contribution is -2.42. The lowest BCUT2D eigenvalue weighted by Gasteiger charge is -2.36. The lowest BCUT2D eigenvalue weighted by atomic mass is 9.81. The molecule has 1 saturated heterocycles.